The van der Waals surface area contributed by atoms with Gasteiger partial charge in [0.05, 0.1) is 0 Å². The van der Waals surface area contributed by atoms with E-state index in [0.29, 0.717) is 12.5 Å². The molecule has 0 radical (unpaired) electrons. The molecule has 0 aromatic heterocycles. The minimum atomic E-state index is -0.189. The molecule has 0 amide bonds. The third kappa shape index (κ3) is 9.76. The third-order valence-electron chi connectivity index (χ3n) is 4.59. The Morgan fingerprint density at radius 2 is 2.07 bits per heavy atom. The number of benzene rings is 1. The predicted molar refractivity (Wildman–Crippen MR) is 126 cm³/mol. The van der Waals surface area contributed by atoms with Gasteiger partial charge in [0.15, 0.2) is 5.96 Å². The Kier molecular flexibility index (Phi) is 13.9. The number of hydrogen-bond donors (Lipinski definition) is 2. The van der Waals surface area contributed by atoms with Gasteiger partial charge in [-0.1, -0.05) is 6.07 Å². The number of hydrogen-bond acceptors (Lipinski definition) is 4. The number of nitrogens with one attached hydrogen (secondary N) is 2. The number of thioether (sulfide) groups is 1. The van der Waals surface area contributed by atoms with Crippen LogP contribution in [0.5, 0.6) is 0 Å². The molecule has 0 aliphatic carbocycles. The number of nitrogens with zero attached hydrogens (tertiary/aromatic N) is 1. The van der Waals surface area contributed by atoms with Gasteiger partial charge in [-0.15, -0.1) is 24.0 Å². The zero-order valence-corrected chi connectivity index (χ0v) is 20.0. The zero-order chi connectivity index (χ0) is 19.3. The molecule has 2 N–H and O–H groups in total. The average molecular weight is 525 g/mol. The molecular weight excluding hydrogens is 492 g/mol. The van der Waals surface area contributed by atoms with Crippen LogP contribution >= 0.6 is 35.7 Å². The van der Waals surface area contributed by atoms with Crippen LogP contribution in [0.2, 0.25) is 0 Å². The van der Waals surface area contributed by atoms with Gasteiger partial charge in [0.2, 0.25) is 0 Å². The summed E-state index contributed by atoms with van der Waals surface area (Å²) in [5, 5.41) is 6.60. The molecule has 1 saturated heterocycles. The molecule has 1 aliphatic rings. The fourth-order valence-corrected chi connectivity index (χ4v) is 3.58. The maximum absolute atomic E-state index is 13.4. The molecule has 0 bridgehead atoms. The summed E-state index contributed by atoms with van der Waals surface area (Å²) in [7, 11) is 1.75. The van der Waals surface area contributed by atoms with Crippen LogP contribution in [0.1, 0.15) is 30.4 Å². The molecule has 1 aromatic carbocycles. The standard InChI is InChI=1S/C20H32FN3O2S.HI/c1-22-20(23-8-3-9-26-14-16-6-10-25-11-7-16)24-13-17-4-5-19(21)12-18(17)15-27-2;/h4-5,12,16H,3,6-11,13-15H2,1-2H3,(H2,22,23,24);1H. The molecule has 0 saturated carbocycles. The van der Waals surface area contributed by atoms with Gasteiger partial charge in [-0.25, -0.2) is 4.39 Å². The van der Waals surface area contributed by atoms with E-state index in [2.05, 4.69) is 15.6 Å². The Balaban J connectivity index is 0.00000392. The number of guanidine groups is 1. The van der Waals surface area contributed by atoms with Gasteiger partial charge in [-0.2, -0.15) is 11.8 Å². The van der Waals surface area contributed by atoms with Crippen LogP contribution < -0.4 is 10.6 Å². The Hall–Kier alpha value is -0.580. The Morgan fingerprint density at radius 1 is 1.29 bits per heavy atom. The molecule has 0 spiro atoms. The molecule has 0 unspecified atom stereocenters. The molecule has 1 aromatic rings. The summed E-state index contributed by atoms with van der Waals surface area (Å²) in [5.41, 5.74) is 2.11. The van der Waals surface area contributed by atoms with Crippen LogP contribution in [0.15, 0.2) is 23.2 Å². The molecule has 2 rings (SSSR count). The lowest BCUT2D eigenvalue weighted by Crippen LogP contribution is -2.37. The van der Waals surface area contributed by atoms with Crippen molar-refractivity contribution < 1.29 is 13.9 Å². The van der Waals surface area contributed by atoms with Gasteiger partial charge in [-0.05, 0) is 54.7 Å². The van der Waals surface area contributed by atoms with Crippen LogP contribution in [-0.4, -0.2) is 52.2 Å². The monoisotopic (exact) mass is 525 g/mol. The van der Waals surface area contributed by atoms with Crippen molar-refractivity contribution >= 4 is 41.7 Å². The number of rotatable bonds is 10. The average Bonchev–Trinajstić information content (AvgIpc) is 2.69. The summed E-state index contributed by atoms with van der Waals surface area (Å²) in [6.45, 7) is 4.73. The number of ether oxygens (including phenoxy) is 2. The largest absolute Gasteiger partial charge is 0.381 e. The van der Waals surface area contributed by atoms with E-state index in [1.54, 1.807) is 24.9 Å². The highest BCUT2D eigenvalue weighted by atomic mass is 127. The van der Waals surface area contributed by atoms with Gasteiger partial charge in [0.25, 0.3) is 0 Å². The summed E-state index contributed by atoms with van der Waals surface area (Å²) >= 11 is 1.69. The summed E-state index contributed by atoms with van der Waals surface area (Å²) in [5.74, 6) is 2.00. The van der Waals surface area contributed by atoms with Crippen molar-refractivity contribution in [3.8, 4) is 0 Å². The zero-order valence-electron chi connectivity index (χ0n) is 16.8. The van der Waals surface area contributed by atoms with Crippen molar-refractivity contribution in [1.82, 2.24) is 10.6 Å². The third-order valence-corrected chi connectivity index (χ3v) is 5.19. The molecule has 1 heterocycles. The Bertz CT molecular complexity index is 587. The van der Waals surface area contributed by atoms with E-state index in [1.807, 2.05) is 12.3 Å². The van der Waals surface area contributed by atoms with E-state index >= 15 is 0 Å². The molecular formula is C20H33FIN3O2S. The van der Waals surface area contributed by atoms with Crippen LogP contribution in [0, 0.1) is 11.7 Å². The molecule has 1 aliphatic heterocycles. The second kappa shape index (κ2) is 15.3. The van der Waals surface area contributed by atoms with E-state index in [1.165, 1.54) is 6.07 Å². The first kappa shape index (κ1) is 25.5. The fourth-order valence-electron chi connectivity index (χ4n) is 3.00. The van der Waals surface area contributed by atoms with E-state index < -0.39 is 0 Å². The van der Waals surface area contributed by atoms with Crippen molar-refractivity contribution in [3.63, 3.8) is 0 Å². The normalized spacial score (nSPS) is 15.2. The molecule has 28 heavy (non-hydrogen) atoms. The van der Waals surface area contributed by atoms with Gasteiger partial charge in [0, 0.05) is 52.3 Å². The van der Waals surface area contributed by atoms with Crippen LogP contribution in [0.3, 0.4) is 0 Å². The van der Waals surface area contributed by atoms with Crippen LogP contribution in [0.4, 0.5) is 4.39 Å². The summed E-state index contributed by atoms with van der Waals surface area (Å²) < 4.78 is 24.6. The van der Waals surface area contributed by atoms with E-state index in [-0.39, 0.29) is 29.8 Å². The Labute approximate surface area is 189 Å². The summed E-state index contributed by atoms with van der Waals surface area (Å²) in [6, 6.07) is 4.96. The van der Waals surface area contributed by atoms with E-state index in [0.717, 1.165) is 75.1 Å². The van der Waals surface area contributed by atoms with Crippen molar-refractivity contribution in [2.24, 2.45) is 10.9 Å². The van der Waals surface area contributed by atoms with E-state index in [9.17, 15) is 4.39 Å². The van der Waals surface area contributed by atoms with Gasteiger partial charge < -0.3 is 20.1 Å². The maximum Gasteiger partial charge on any atom is 0.191 e. The highest BCUT2D eigenvalue weighted by molar-refractivity contribution is 14.0. The quantitative estimate of drug-likeness (QED) is 0.211. The number of aliphatic imine (C=N–C) groups is 1. The van der Waals surface area contributed by atoms with Crippen molar-refractivity contribution in [2.45, 2.75) is 31.6 Å². The van der Waals surface area contributed by atoms with Crippen molar-refractivity contribution in [1.29, 1.82) is 0 Å². The topological polar surface area (TPSA) is 54.9 Å². The first-order chi connectivity index (χ1) is 13.2. The van der Waals surface area contributed by atoms with Crippen LogP contribution in [0.25, 0.3) is 0 Å². The second-order valence-electron chi connectivity index (χ2n) is 6.68. The number of halogens is 2. The van der Waals surface area contributed by atoms with Crippen LogP contribution in [-0.2, 0) is 21.8 Å². The summed E-state index contributed by atoms with van der Waals surface area (Å²) in [6.07, 6.45) is 5.17. The smallest absolute Gasteiger partial charge is 0.191 e. The minimum absolute atomic E-state index is 0. The lowest BCUT2D eigenvalue weighted by molar-refractivity contribution is 0.0203. The minimum Gasteiger partial charge on any atom is -0.381 e. The highest BCUT2D eigenvalue weighted by Gasteiger charge is 2.13. The van der Waals surface area contributed by atoms with Gasteiger partial charge >= 0.3 is 0 Å². The summed E-state index contributed by atoms with van der Waals surface area (Å²) in [4.78, 5) is 4.25. The van der Waals surface area contributed by atoms with Gasteiger partial charge in [0.1, 0.15) is 5.82 Å². The molecule has 8 heteroatoms. The highest BCUT2D eigenvalue weighted by Crippen LogP contribution is 2.17. The van der Waals surface area contributed by atoms with E-state index in [4.69, 9.17) is 9.47 Å². The lowest BCUT2D eigenvalue weighted by Gasteiger charge is -2.21. The second-order valence-corrected chi connectivity index (χ2v) is 7.55. The molecule has 5 nitrogen and oxygen atoms in total. The van der Waals surface area contributed by atoms with Gasteiger partial charge in [-0.3, -0.25) is 4.99 Å². The molecule has 160 valence electrons. The maximum atomic E-state index is 13.4. The van der Waals surface area contributed by atoms with Crippen molar-refractivity contribution in [3.05, 3.63) is 35.1 Å². The predicted octanol–water partition coefficient (Wildman–Crippen LogP) is 3.81. The SMILES string of the molecule is CN=C(NCCCOCC1CCOCC1)NCc1ccc(F)cc1CSC.I. The van der Waals surface area contributed by atoms with Crippen molar-refractivity contribution in [2.75, 3.05) is 46.3 Å². The molecule has 0 atom stereocenters. The Morgan fingerprint density at radius 3 is 2.79 bits per heavy atom. The lowest BCUT2D eigenvalue weighted by atomic mass is 10.0. The first-order valence-electron chi connectivity index (χ1n) is 9.59. The first-order valence-corrected chi connectivity index (χ1v) is 11.0. The fraction of sp³-hybridized carbons (Fsp3) is 0.650. The molecule has 1 fully saturated rings.